The number of nitrogens with two attached hydrogens (primary N) is 1. The first-order valence-electron chi connectivity index (χ1n) is 3.47. The second kappa shape index (κ2) is 2.65. The zero-order chi connectivity index (χ0) is 8.39. The Kier molecular flexibility index (Phi) is 1.51. The Morgan fingerprint density at radius 3 is 2.83 bits per heavy atom. The van der Waals surface area contributed by atoms with E-state index < -0.39 is 0 Å². The van der Waals surface area contributed by atoms with Crippen molar-refractivity contribution in [2.24, 2.45) is 0 Å². The van der Waals surface area contributed by atoms with Crippen molar-refractivity contribution in [3.05, 3.63) is 30.8 Å². The van der Waals surface area contributed by atoms with Gasteiger partial charge in [0.05, 0.1) is 6.20 Å². The van der Waals surface area contributed by atoms with E-state index in [4.69, 9.17) is 10.2 Å². The number of aromatic nitrogens is 2. The van der Waals surface area contributed by atoms with Gasteiger partial charge in [-0.05, 0) is 12.1 Å². The van der Waals surface area contributed by atoms with Gasteiger partial charge in [-0.25, -0.2) is 9.97 Å². The SMILES string of the molecule is Nc1cc(-c2ncco2)ccn1. The molecule has 2 rings (SSSR count). The van der Waals surface area contributed by atoms with Crippen LogP contribution in [0.5, 0.6) is 0 Å². The Morgan fingerprint density at radius 1 is 1.25 bits per heavy atom. The normalized spacial score (nSPS) is 10.0. The first-order valence-corrected chi connectivity index (χ1v) is 3.47. The van der Waals surface area contributed by atoms with Gasteiger partial charge in [0.15, 0.2) is 0 Å². The zero-order valence-corrected chi connectivity index (χ0v) is 6.27. The summed E-state index contributed by atoms with van der Waals surface area (Å²) in [5, 5.41) is 0. The molecule has 0 amide bonds. The molecule has 4 nitrogen and oxygen atoms in total. The van der Waals surface area contributed by atoms with Crippen LogP contribution in [0.2, 0.25) is 0 Å². The molecule has 60 valence electrons. The van der Waals surface area contributed by atoms with Crippen LogP contribution in [-0.4, -0.2) is 9.97 Å². The number of hydrogen-bond acceptors (Lipinski definition) is 4. The third-order valence-corrected chi connectivity index (χ3v) is 1.46. The highest BCUT2D eigenvalue weighted by atomic mass is 16.3. The summed E-state index contributed by atoms with van der Waals surface area (Å²) in [5.74, 6) is 1.02. The van der Waals surface area contributed by atoms with E-state index in [-0.39, 0.29) is 0 Å². The number of anilines is 1. The summed E-state index contributed by atoms with van der Waals surface area (Å²) >= 11 is 0. The average Bonchev–Trinajstić information content (AvgIpc) is 2.56. The summed E-state index contributed by atoms with van der Waals surface area (Å²) < 4.78 is 5.08. The number of rotatable bonds is 1. The van der Waals surface area contributed by atoms with Crippen LogP contribution in [0.4, 0.5) is 5.82 Å². The lowest BCUT2D eigenvalue weighted by molar-refractivity contribution is 0.574. The van der Waals surface area contributed by atoms with E-state index >= 15 is 0 Å². The van der Waals surface area contributed by atoms with Gasteiger partial charge in [0.2, 0.25) is 5.89 Å². The first kappa shape index (κ1) is 6.84. The molecule has 0 aromatic carbocycles. The number of nitrogen functional groups attached to an aromatic ring is 1. The lowest BCUT2D eigenvalue weighted by atomic mass is 10.2. The van der Waals surface area contributed by atoms with E-state index in [1.165, 1.54) is 6.26 Å². The van der Waals surface area contributed by atoms with Crippen LogP contribution < -0.4 is 5.73 Å². The molecular weight excluding hydrogens is 154 g/mol. The molecule has 0 atom stereocenters. The molecule has 2 aromatic heterocycles. The predicted octanol–water partition coefficient (Wildman–Crippen LogP) is 1.32. The number of hydrogen-bond donors (Lipinski definition) is 1. The van der Waals surface area contributed by atoms with Crippen molar-refractivity contribution >= 4 is 5.82 Å². The third-order valence-electron chi connectivity index (χ3n) is 1.46. The van der Waals surface area contributed by atoms with Crippen molar-refractivity contribution in [2.75, 3.05) is 5.73 Å². The number of oxazole rings is 1. The van der Waals surface area contributed by atoms with Crippen molar-refractivity contribution in [3.63, 3.8) is 0 Å². The maximum Gasteiger partial charge on any atom is 0.226 e. The molecule has 4 heteroatoms. The molecule has 0 spiro atoms. The standard InChI is InChI=1S/C8H7N3O/c9-7-5-6(1-2-10-7)8-11-3-4-12-8/h1-5H,(H2,9,10). The third kappa shape index (κ3) is 1.14. The fourth-order valence-electron chi connectivity index (χ4n) is 0.947. The van der Waals surface area contributed by atoms with Gasteiger partial charge in [0, 0.05) is 11.8 Å². The molecule has 0 unspecified atom stereocenters. The predicted molar refractivity (Wildman–Crippen MR) is 44.1 cm³/mol. The van der Waals surface area contributed by atoms with E-state index in [1.54, 1.807) is 24.5 Å². The van der Waals surface area contributed by atoms with E-state index in [1.807, 2.05) is 0 Å². The van der Waals surface area contributed by atoms with Crippen LogP contribution in [-0.2, 0) is 0 Å². The molecule has 0 aliphatic heterocycles. The maximum atomic E-state index is 5.48. The van der Waals surface area contributed by atoms with Gasteiger partial charge in [-0.1, -0.05) is 0 Å². The van der Waals surface area contributed by atoms with Gasteiger partial charge in [-0.3, -0.25) is 0 Å². The van der Waals surface area contributed by atoms with Gasteiger partial charge >= 0.3 is 0 Å². The average molecular weight is 161 g/mol. The Hall–Kier alpha value is -1.84. The largest absolute Gasteiger partial charge is 0.445 e. The van der Waals surface area contributed by atoms with Crippen molar-refractivity contribution < 1.29 is 4.42 Å². The minimum atomic E-state index is 0.464. The Bertz CT molecular complexity index is 370. The fourth-order valence-corrected chi connectivity index (χ4v) is 0.947. The summed E-state index contributed by atoms with van der Waals surface area (Å²) in [6.45, 7) is 0. The summed E-state index contributed by atoms with van der Waals surface area (Å²) in [7, 11) is 0. The lowest BCUT2D eigenvalue weighted by Gasteiger charge is -1.94. The highest BCUT2D eigenvalue weighted by Gasteiger charge is 2.01. The lowest BCUT2D eigenvalue weighted by Crippen LogP contribution is -1.89. The highest BCUT2D eigenvalue weighted by molar-refractivity contribution is 5.56. The Labute approximate surface area is 69.1 Å². The number of pyridine rings is 1. The Morgan fingerprint density at radius 2 is 2.17 bits per heavy atom. The van der Waals surface area contributed by atoms with Crippen LogP contribution in [0, 0.1) is 0 Å². The first-order chi connectivity index (χ1) is 5.86. The monoisotopic (exact) mass is 161 g/mol. The minimum Gasteiger partial charge on any atom is -0.445 e. The second-order valence-corrected chi connectivity index (χ2v) is 2.31. The fraction of sp³-hybridized carbons (Fsp3) is 0. The van der Waals surface area contributed by atoms with Gasteiger partial charge in [0.1, 0.15) is 12.1 Å². The topological polar surface area (TPSA) is 64.9 Å². The van der Waals surface area contributed by atoms with Gasteiger partial charge in [-0.2, -0.15) is 0 Å². The van der Waals surface area contributed by atoms with E-state index in [0.29, 0.717) is 11.7 Å². The molecule has 2 aromatic rings. The van der Waals surface area contributed by atoms with Crippen molar-refractivity contribution in [1.82, 2.24) is 9.97 Å². The highest BCUT2D eigenvalue weighted by Crippen LogP contribution is 2.17. The van der Waals surface area contributed by atoms with Gasteiger partial charge < -0.3 is 10.2 Å². The van der Waals surface area contributed by atoms with Crippen LogP contribution in [0.3, 0.4) is 0 Å². The molecule has 0 aliphatic carbocycles. The molecule has 12 heavy (non-hydrogen) atoms. The van der Waals surface area contributed by atoms with Crippen LogP contribution in [0.15, 0.2) is 35.2 Å². The zero-order valence-electron chi connectivity index (χ0n) is 6.27. The van der Waals surface area contributed by atoms with Crippen molar-refractivity contribution in [3.8, 4) is 11.5 Å². The molecule has 0 fully saturated rings. The Balaban J connectivity index is 2.48. The van der Waals surface area contributed by atoms with Crippen molar-refractivity contribution in [1.29, 1.82) is 0 Å². The van der Waals surface area contributed by atoms with E-state index in [9.17, 15) is 0 Å². The van der Waals surface area contributed by atoms with Gasteiger partial charge in [0.25, 0.3) is 0 Å². The second-order valence-electron chi connectivity index (χ2n) is 2.31. The number of nitrogens with zero attached hydrogens (tertiary/aromatic N) is 2. The van der Waals surface area contributed by atoms with Gasteiger partial charge in [-0.15, -0.1) is 0 Å². The quantitative estimate of drug-likeness (QED) is 0.685. The smallest absolute Gasteiger partial charge is 0.226 e. The molecule has 0 radical (unpaired) electrons. The summed E-state index contributed by atoms with van der Waals surface area (Å²) in [5.41, 5.74) is 6.32. The minimum absolute atomic E-state index is 0.464. The maximum absolute atomic E-state index is 5.48. The molecule has 0 saturated carbocycles. The van der Waals surface area contributed by atoms with E-state index in [2.05, 4.69) is 9.97 Å². The summed E-state index contributed by atoms with van der Waals surface area (Å²) in [6, 6.07) is 3.51. The summed E-state index contributed by atoms with van der Waals surface area (Å²) in [4.78, 5) is 7.84. The molecule has 0 saturated heterocycles. The van der Waals surface area contributed by atoms with Crippen LogP contribution in [0.1, 0.15) is 0 Å². The molecule has 2 heterocycles. The van der Waals surface area contributed by atoms with Crippen LogP contribution >= 0.6 is 0 Å². The van der Waals surface area contributed by atoms with Crippen molar-refractivity contribution in [2.45, 2.75) is 0 Å². The molecular formula is C8H7N3O. The molecule has 0 aliphatic rings. The molecule has 2 N–H and O–H groups in total. The van der Waals surface area contributed by atoms with E-state index in [0.717, 1.165) is 5.56 Å². The summed E-state index contributed by atoms with van der Waals surface area (Å²) in [6.07, 6.45) is 4.73. The van der Waals surface area contributed by atoms with Crippen LogP contribution in [0.25, 0.3) is 11.5 Å². The molecule has 0 bridgehead atoms.